The molecular weight excluding hydrogens is 336 g/mol. The maximum Gasteiger partial charge on any atom is 0.214 e. The molecule has 1 aromatic rings. The Balaban J connectivity index is 2.78. The van der Waals surface area contributed by atoms with Crippen LogP contribution in [0.3, 0.4) is 0 Å². The summed E-state index contributed by atoms with van der Waals surface area (Å²) in [5.41, 5.74) is 0.448. The fourth-order valence-electron chi connectivity index (χ4n) is 1.65. The molecule has 0 atom stereocenters. The summed E-state index contributed by atoms with van der Waals surface area (Å²) >= 11 is 6.02. The van der Waals surface area contributed by atoms with Gasteiger partial charge in [0.15, 0.2) is 9.84 Å². The van der Waals surface area contributed by atoms with E-state index in [1.165, 1.54) is 20.2 Å². The van der Waals surface area contributed by atoms with Gasteiger partial charge in [-0.15, -0.1) is 0 Å². The summed E-state index contributed by atoms with van der Waals surface area (Å²) in [5.74, 6) is -0.0708. The minimum atomic E-state index is -3.39. The second-order valence-corrected chi connectivity index (χ2v) is 9.46. The van der Waals surface area contributed by atoms with Crippen LogP contribution < -0.4 is 5.32 Å². The molecule has 120 valence electrons. The average molecular weight is 355 g/mol. The van der Waals surface area contributed by atoms with Crippen molar-refractivity contribution in [3.8, 4) is 0 Å². The molecule has 6 nitrogen and oxygen atoms in total. The summed E-state index contributed by atoms with van der Waals surface area (Å²) in [5, 5.41) is 3.25. The Bertz CT molecular complexity index is 700. The van der Waals surface area contributed by atoms with Gasteiger partial charge < -0.3 is 5.32 Å². The predicted octanol–water partition coefficient (Wildman–Crippen LogP) is 0.725. The van der Waals surface area contributed by atoms with Gasteiger partial charge >= 0.3 is 0 Å². The van der Waals surface area contributed by atoms with Crippen molar-refractivity contribution in [3.63, 3.8) is 0 Å². The molecule has 0 aromatic heterocycles. The summed E-state index contributed by atoms with van der Waals surface area (Å²) in [6.45, 7) is 0.389. The predicted molar refractivity (Wildman–Crippen MR) is 83.7 cm³/mol. The summed E-state index contributed by atoms with van der Waals surface area (Å²) < 4.78 is 47.7. The lowest BCUT2D eigenvalue weighted by molar-refractivity contribution is 0.517. The van der Waals surface area contributed by atoms with Crippen LogP contribution in [0.1, 0.15) is 5.56 Å². The van der Waals surface area contributed by atoms with Crippen LogP contribution in [-0.2, 0) is 26.4 Å². The first-order chi connectivity index (χ1) is 9.55. The molecule has 0 fully saturated rings. The average Bonchev–Trinajstić information content (AvgIpc) is 2.34. The quantitative estimate of drug-likeness (QED) is 0.729. The third-order valence-electron chi connectivity index (χ3n) is 2.87. The number of sulfone groups is 1. The number of halogens is 1. The van der Waals surface area contributed by atoms with E-state index in [-0.39, 0.29) is 23.7 Å². The monoisotopic (exact) mass is 354 g/mol. The van der Waals surface area contributed by atoms with Crippen LogP contribution in [0.2, 0.25) is 5.02 Å². The smallest absolute Gasteiger partial charge is 0.214 e. The van der Waals surface area contributed by atoms with Gasteiger partial charge in [0.2, 0.25) is 10.0 Å². The van der Waals surface area contributed by atoms with Crippen LogP contribution in [0, 0.1) is 0 Å². The Morgan fingerprint density at radius 1 is 1.19 bits per heavy atom. The zero-order valence-corrected chi connectivity index (χ0v) is 14.5. The summed E-state index contributed by atoms with van der Waals surface area (Å²) in [7, 11) is -3.74. The van der Waals surface area contributed by atoms with E-state index < -0.39 is 19.9 Å². The number of hydrogen-bond acceptors (Lipinski definition) is 5. The van der Waals surface area contributed by atoms with Crippen molar-refractivity contribution in [3.05, 3.63) is 28.8 Å². The van der Waals surface area contributed by atoms with E-state index in [0.717, 1.165) is 10.6 Å². The van der Waals surface area contributed by atoms with Crippen LogP contribution in [0.15, 0.2) is 23.1 Å². The number of benzene rings is 1. The molecule has 1 N–H and O–H groups in total. The van der Waals surface area contributed by atoms with Crippen LogP contribution in [0.5, 0.6) is 0 Å². The molecule has 0 spiro atoms. The standard InChI is InChI=1S/C12H19ClN2O4S2/c1-15(2)21(18,19)8-7-14-9-10-11(13)5-4-6-12(10)20(3,16)17/h4-6,14H,7-9H2,1-3H3. The van der Waals surface area contributed by atoms with Gasteiger partial charge in [0.1, 0.15) is 0 Å². The second-order valence-electron chi connectivity index (χ2n) is 4.76. The SMILES string of the molecule is CN(C)S(=O)(=O)CCNCc1c(Cl)cccc1S(C)(=O)=O. The van der Waals surface area contributed by atoms with Gasteiger partial charge in [0.25, 0.3) is 0 Å². The number of rotatable bonds is 7. The Morgan fingerprint density at radius 3 is 2.33 bits per heavy atom. The molecule has 0 saturated carbocycles. The van der Waals surface area contributed by atoms with E-state index in [4.69, 9.17) is 11.6 Å². The highest BCUT2D eigenvalue weighted by atomic mass is 35.5. The molecule has 0 aliphatic rings. The van der Waals surface area contributed by atoms with E-state index in [2.05, 4.69) is 5.32 Å². The number of sulfonamides is 1. The number of nitrogens with one attached hydrogen (secondary N) is 1. The van der Waals surface area contributed by atoms with Crippen molar-refractivity contribution in [1.82, 2.24) is 9.62 Å². The fourth-order valence-corrected chi connectivity index (χ4v) is 3.68. The Kier molecular flexibility index (Phi) is 6.18. The van der Waals surface area contributed by atoms with E-state index >= 15 is 0 Å². The van der Waals surface area contributed by atoms with Crippen molar-refractivity contribution in [1.29, 1.82) is 0 Å². The topological polar surface area (TPSA) is 83.6 Å². The maximum atomic E-state index is 11.7. The van der Waals surface area contributed by atoms with E-state index in [1.54, 1.807) is 12.1 Å². The van der Waals surface area contributed by atoms with Gasteiger partial charge in [-0.25, -0.2) is 21.1 Å². The molecule has 0 saturated heterocycles. The molecule has 0 unspecified atom stereocenters. The van der Waals surface area contributed by atoms with Crippen molar-refractivity contribution >= 4 is 31.5 Å². The molecule has 0 heterocycles. The van der Waals surface area contributed by atoms with Crippen LogP contribution >= 0.6 is 11.6 Å². The van der Waals surface area contributed by atoms with Gasteiger partial charge in [-0.1, -0.05) is 17.7 Å². The third-order valence-corrected chi connectivity index (χ3v) is 6.24. The van der Waals surface area contributed by atoms with Crippen LogP contribution in [0.4, 0.5) is 0 Å². The molecule has 21 heavy (non-hydrogen) atoms. The van der Waals surface area contributed by atoms with Crippen molar-refractivity contribution in [2.24, 2.45) is 0 Å². The van der Waals surface area contributed by atoms with Gasteiger partial charge in [0.05, 0.1) is 10.6 Å². The zero-order chi connectivity index (χ0) is 16.3. The molecule has 0 aliphatic heterocycles. The van der Waals surface area contributed by atoms with E-state index in [9.17, 15) is 16.8 Å². The normalized spacial score (nSPS) is 12.8. The van der Waals surface area contributed by atoms with Gasteiger partial charge in [0, 0.05) is 44.0 Å². The Labute approximate surface area is 131 Å². The molecule has 9 heteroatoms. The molecule has 1 aromatic carbocycles. The third kappa shape index (κ3) is 5.23. The second kappa shape index (κ2) is 7.06. The molecule has 1 rings (SSSR count). The fraction of sp³-hybridized carbons (Fsp3) is 0.500. The summed E-state index contributed by atoms with van der Waals surface area (Å²) in [4.78, 5) is 0.151. The first-order valence-electron chi connectivity index (χ1n) is 6.14. The minimum Gasteiger partial charge on any atom is -0.312 e. The van der Waals surface area contributed by atoms with Gasteiger partial charge in [-0.3, -0.25) is 0 Å². The van der Waals surface area contributed by atoms with Crippen molar-refractivity contribution < 1.29 is 16.8 Å². The van der Waals surface area contributed by atoms with Gasteiger partial charge in [-0.2, -0.15) is 0 Å². The Morgan fingerprint density at radius 2 is 1.81 bits per heavy atom. The van der Waals surface area contributed by atoms with Crippen molar-refractivity contribution in [2.75, 3.05) is 32.6 Å². The maximum absolute atomic E-state index is 11.7. The van der Waals surface area contributed by atoms with Crippen LogP contribution in [-0.4, -0.2) is 53.8 Å². The number of nitrogens with zero attached hydrogens (tertiary/aromatic N) is 1. The summed E-state index contributed by atoms with van der Waals surface area (Å²) in [6, 6.07) is 4.65. The highest BCUT2D eigenvalue weighted by molar-refractivity contribution is 7.90. The molecule has 0 amide bonds. The summed E-state index contributed by atoms with van der Waals surface area (Å²) in [6.07, 6.45) is 1.11. The lowest BCUT2D eigenvalue weighted by Gasteiger charge is -2.13. The molecular formula is C12H19ClN2O4S2. The lowest BCUT2D eigenvalue weighted by Crippen LogP contribution is -2.31. The molecule has 0 radical (unpaired) electrons. The largest absolute Gasteiger partial charge is 0.312 e. The first kappa shape index (κ1) is 18.4. The highest BCUT2D eigenvalue weighted by Crippen LogP contribution is 2.23. The van der Waals surface area contributed by atoms with Crippen molar-refractivity contribution in [2.45, 2.75) is 11.4 Å². The minimum absolute atomic E-state index is 0.0708. The number of hydrogen-bond donors (Lipinski definition) is 1. The zero-order valence-electron chi connectivity index (χ0n) is 12.1. The first-order valence-corrected chi connectivity index (χ1v) is 10.0. The highest BCUT2D eigenvalue weighted by Gasteiger charge is 2.16. The lowest BCUT2D eigenvalue weighted by atomic mass is 10.2. The van der Waals surface area contributed by atoms with E-state index in [0.29, 0.717) is 10.6 Å². The molecule has 0 bridgehead atoms. The van der Waals surface area contributed by atoms with E-state index in [1.807, 2.05) is 0 Å². The van der Waals surface area contributed by atoms with Crippen LogP contribution in [0.25, 0.3) is 0 Å². The van der Waals surface area contributed by atoms with Gasteiger partial charge in [-0.05, 0) is 12.1 Å². The molecule has 0 aliphatic carbocycles. The Hall–Kier alpha value is -0.670.